The van der Waals surface area contributed by atoms with Gasteiger partial charge in [0.05, 0.1) is 30.4 Å². The van der Waals surface area contributed by atoms with Crippen molar-refractivity contribution in [2.24, 2.45) is 5.92 Å². The number of nitrogens with zero attached hydrogens (tertiary/aromatic N) is 4. The summed E-state index contributed by atoms with van der Waals surface area (Å²) in [5.41, 5.74) is 1.97. The SMILES string of the molecule is COc1ccc2ncc3c(c2c1)CC(Cn1cc([N+](=O)[O-])cn1)CO3. The molecule has 1 unspecified atom stereocenters. The zero-order chi connectivity index (χ0) is 17.4. The van der Waals surface area contributed by atoms with Crippen molar-refractivity contribution in [1.82, 2.24) is 14.8 Å². The number of nitro groups is 1. The van der Waals surface area contributed by atoms with Gasteiger partial charge >= 0.3 is 5.69 Å². The van der Waals surface area contributed by atoms with Crippen molar-refractivity contribution >= 4 is 16.6 Å². The van der Waals surface area contributed by atoms with E-state index in [4.69, 9.17) is 9.47 Å². The molecule has 0 saturated carbocycles. The minimum absolute atomic E-state index is 0.00323. The number of pyridine rings is 1. The van der Waals surface area contributed by atoms with E-state index in [1.165, 1.54) is 12.4 Å². The molecule has 0 bridgehead atoms. The standard InChI is InChI=1S/C17H16N4O4/c1-24-13-2-3-16-14(5-13)15-4-11(10-25-17(15)7-18-16)8-20-9-12(6-19-20)21(22)23/h2-3,5-7,9,11H,4,8,10H2,1H3. The highest BCUT2D eigenvalue weighted by Gasteiger charge is 2.24. The summed E-state index contributed by atoms with van der Waals surface area (Å²) in [7, 11) is 1.63. The van der Waals surface area contributed by atoms with Crippen LogP contribution in [-0.4, -0.2) is 33.4 Å². The van der Waals surface area contributed by atoms with Crippen molar-refractivity contribution in [3.8, 4) is 11.5 Å². The van der Waals surface area contributed by atoms with Crippen LogP contribution in [0.5, 0.6) is 11.5 Å². The topological polar surface area (TPSA) is 92.3 Å². The molecule has 0 aliphatic carbocycles. The van der Waals surface area contributed by atoms with E-state index >= 15 is 0 Å². The normalized spacial score (nSPS) is 16.3. The molecule has 25 heavy (non-hydrogen) atoms. The van der Waals surface area contributed by atoms with Crippen molar-refractivity contribution in [1.29, 1.82) is 0 Å². The zero-order valence-corrected chi connectivity index (χ0v) is 13.6. The Kier molecular flexibility index (Phi) is 3.72. The van der Waals surface area contributed by atoms with Gasteiger partial charge in [-0.2, -0.15) is 5.10 Å². The first-order chi connectivity index (χ1) is 12.1. The average molecular weight is 340 g/mol. The molecule has 3 aromatic rings. The Morgan fingerprint density at radius 2 is 2.32 bits per heavy atom. The fraction of sp³-hybridized carbons (Fsp3) is 0.294. The van der Waals surface area contributed by atoms with E-state index in [-0.39, 0.29) is 11.6 Å². The number of methoxy groups -OCH3 is 1. The largest absolute Gasteiger partial charge is 0.497 e. The third-order valence-corrected chi connectivity index (χ3v) is 4.39. The van der Waals surface area contributed by atoms with Crippen molar-refractivity contribution in [2.45, 2.75) is 13.0 Å². The molecule has 1 atom stereocenters. The first-order valence-corrected chi connectivity index (χ1v) is 7.89. The maximum Gasteiger partial charge on any atom is 0.306 e. The van der Waals surface area contributed by atoms with Crippen LogP contribution in [0.2, 0.25) is 0 Å². The van der Waals surface area contributed by atoms with Gasteiger partial charge in [0.1, 0.15) is 23.9 Å². The molecule has 128 valence electrons. The lowest BCUT2D eigenvalue weighted by atomic mass is 9.94. The monoisotopic (exact) mass is 340 g/mol. The lowest BCUT2D eigenvalue weighted by Gasteiger charge is -2.26. The van der Waals surface area contributed by atoms with Crippen molar-refractivity contribution in [3.63, 3.8) is 0 Å². The maximum absolute atomic E-state index is 10.8. The molecule has 0 N–H and O–H groups in total. The van der Waals surface area contributed by atoms with E-state index in [2.05, 4.69) is 10.1 Å². The number of hydrogen-bond donors (Lipinski definition) is 0. The number of rotatable bonds is 4. The summed E-state index contributed by atoms with van der Waals surface area (Å²) in [6.45, 7) is 1.08. The lowest BCUT2D eigenvalue weighted by molar-refractivity contribution is -0.385. The molecule has 1 aromatic carbocycles. The summed E-state index contributed by atoms with van der Waals surface area (Å²) in [6, 6.07) is 5.77. The predicted molar refractivity (Wildman–Crippen MR) is 89.9 cm³/mol. The Morgan fingerprint density at radius 3 is 3.08 bits per heavy atom. The minimum Gasteiger partial charge on any atom is -0.497 e. The van der Waals surface area contributed by atoms with Crippen molar-refractivity contribution in [3.05, 3.63) is 52.5 Å². The number of fused-ring (bicyclic) bond motifs is 3. The predicted octanol–water partition coefficient (Wildman–Crippen LogP) is 2.60. The summed E-state index contributed by atoms with van der Waals surface area (Å²) in [4.78, 5) is 14.8. The second-order valence-electron chi connectivity index (χ2n) is 6.04. The molecule has 0 amide bonds. The van der Waals surface area contributed by atoms with E-state index < -0.39 is 4.92 Å². The van der Waals surface area contributed by atoms with Gasteiger partial charge in [-0.1, -0.05) is 0 Å². The molecule has 3 heterocycles. The van der Waals surface area contributed by atoms with Gasteiger partial charge in [-0.25, -0.2) is 0 Å². The Morgan fingerprint density at radius 1 is 1.44 bits per heavy atom. The highest BCUT2D eigenvalue weighted by atomic mass is 16.6. The van der Waals surface area contributed by atoms with Gasteiger partial charge in [-0.3, -0.25) is 19.8 Å². The molecule has 1 aliphatic heterocycles. The van der Waals surface area contributed by atoms with Crippen LogP contribution in [0.3, 0.4) is 0 Å². The second-order valence-corrected chi connectivity index (χ2v) is 6.04. The summed E-state index contributed by atoms with van der Waals surface area (Å²) in [5.74, 6) is 1.72. The van der Waals surface area contributed by atoms with Gasteiger partial charge < -0.3 is 9.47 Å². The van der Waals surface area contributed by atoms with E-state index in [1.54, 1.807) is 18.0 Å². The van der Waals surface area contributed by atoms with Crippen molar-refractivity contribution in [2.75, 3.05) is 13.7 Å². The highest BCUT2D eigenvalue weighted by molar-refractivity contribution is 5.85. The Balaban J connectivity index is 1.62. The fourth-order valence-electron chi connectivity index (χ4n) is 3.15. The number of ether oxygens (including phenoxy) is 2. The summed E-state index contributed by atoms with van der Waals surface area (Å²) in [5, 5.41) is 15.9. The maximum atomic E-state index is 10.8. The second kappa shape index (κ2) is 6.04. The summed E-state index contributed by atoms with van der Waals surface area (Å²) < 4.78 is 12.8. The first-order valence-electron chi connectivity index (χ1n) is 7.89. The van der Waals surface area contributed by atoms with Crippen LogP contribution in [0, 0.1) is 16.0 Å². The van der Waals surface area contributed by atoms with Gasteiger partial charge in [0, 0.05) is 23.4 Å². The number of benzene rings is 1. The van der Waals surface area contributed by atoms with Crippen LogP contribution in [0.4, 0.5) is 5.69 Å². The van der Waals surface area contributed by atoms with Crippen LogP contribution in [0.15, 0.2) is 36.8 Å². The molecule has 0 spiro atoms. The van der Waals surface area contributed by atoms with Crippen LogP contribution >= 0.6 is 0 Å². The molecule has 8 nitrogen and oxygen atoms in total. The highest BCUT2D eigenvalue weighted by Crippen LogP contribution is 2.34. The minimum atomic E-state index is -0.443. The van der Waals surface area contributed by atoms with Crippen LogP contribution < -0.4 is 9.47 Å². The Hall–Kier alpha value is -3.16. The molecule has 0 saturated heterocycles. The molecule has 8 heteroatoms. The van der Waals surface area contributed by atoms with E-state index in [1.807, 2.05) is 18.2 Å². The molecular weight excluding hydrogens is 324 g/mol. The summed E-state index contributed by atoms with van der Waals surface area (Å²) in [6.07, 6.45) is 5.25. The number of aromatic nitrogens is 3. The third kappa shape index (κ3) is 2.86. The zero-order valence-electron chi connectivity index (χ0n) is 13.6. The summed E-state index contributed by atoms with van der Waals surface area (Å²) >= 11 is 0. The van der Waals surface area contributed by atoms with Crippen molar-refractivity contribution < 1.29 is 14.4 Å². The molecular formula is C17H16N4O4. The molecule has 0 radical (unpaired) electrons. The van der Waals surface area contributed by atoms with Crippen LogP contribution in [0.25, 0.3) is 10.9 Å². The number of hydrogen-bond acceptors (Lipinski definition) is 6. The quantitative estimate of drug-likeness (QED) is 0.535. The van der Waals surface area contributed by atoms with E-state index in [0.717, 1.165) is 34.4 Å². The van der Waals surface area contributed by atoms with E-state index in [9.17, 15) is 10.1 Å². The fourth-order valence-corrected chi connectivity index (χ4v) is 3.15. The Labute approximate surface area is 143 Å². The van der Waals surface area contributed by atoms with E-state index in [0.29, 0.717) is 13.2 Å². The average Bonchev–Trinajstić information content (AvgIpc) is 3.10. The van der Waals surface area contributed by atoms with Gasteiger partial charge in [-0.15, -0.1) is 0 Å². The molecule has 2 aromatic heterocycles. The van der Waals surface area contributed by atoms with Gasteiger partial charge in [0.25, 0.3) is 0 Å². The molecule has 1 aliphatic rings. The molecule has 4 rings (SSSR count). The first kappa shape index (κ1) is 15.4. The van der Waals surface area contributed by atoms with Crippen LogP contribution in [0.1, 0.15) is 5.56 Å². The van der Waals surface area contributed by atoms with Crippen LogP contribution in [-0.2, 0) is 13.0 Å². The van der Waals surface area contributed by atoms with Gasteiger partial charge in [-0.05, 0) is 24.6 Å². The Bertz CT molecular complexity index is 948. The molecule has 0 fully saturated rings. The smallest absolute Gasteiger partial charge is 0.306 e. The van der Waals surface area contributed by atoms with Gasteiger partial charge in [0.15, 0.2) is 0 Å². The lowest BCUT2D eigenvalue weighted by Crippen LogP contribution is -2.25. The third-order valence-electron chi connectivity index (χ3n) is 4.39. The van der Waals surface area contributed by atoms with Gasteiger partial charge in [0.2, 0.25) is 0 Å².